The molecule has 0 fully saturated rings. The highest BCUT2D eigenvalue weighted by Gasteiger charge is 2.37. The zero-order chi connectivity index (χ0) is 65.8. The van der Waals surface area contributed by atoms with E-state index in [1.165, 1.54) is 110 Å². The van der Waals surface area contributed by atoms with E-state index in [0.29, 0.717) is 17.5 Å². The summed E-state index contributed by atoms with van der Waals surface area (Å²) in [6.45, 7) is 9.45. The van der Waals surface area contributed by atoms with Crippen molar-refractivity contribution in [3.63, 3.8) is 0 Å². The van der Waals surface area contributed by atoms with Crippen molar-refractivity contribution >= 4 is 65.4 Å². The van der Waals surface area contributed by atoms with Crippen molar-refractivity contribution in [2.24, 2.45) is 0 Å². The third-order valence-corrected chi connectivity index (χ3v) is 21.7. The summed E-state index contributed by atoms with van der Waals surface area (Å²) in [7, 11) is 0. The quantitative estimate of drug-likeness (QED) is 0.145. The minimum atomic E-state index is -0.117. The van der Waals surface area contributed by atoms with E-state index in [1.807, 2.05) is 24.3 Å². The van der Waals surface area contributed by atoms with Gasteiger partial charge in [0, 0.05) is 76.9 Å². The summed E-state index contributed by atoms with van der Waals surface area (Å²) in [5.74, 6) is 1.85. The maximum Gasteiger partial charge on any atom is 0.164 e. The Balaban J connectivity index is 0.732. The first-order valence-corrected chi connectivity index (χ1v) is 34.3. The molecule has 6 nitrogen and oxygen atoms in total. The number of nitrogens with zero attached hydrogens (tertiary/aromatic N) is 6. The predicted molar refractivity (Wildman–Crippen MR) is 411 cm³/mol. The molecular weight excluding hydrogens is 1200 g/mol. The largest absolute Gasteiger partial charge is 0.309 e. The van der Waals surface area contributed by atoms with Gasteiger partial charge in [-0.15, -0.1) is 0 Å². The van der Waals surface area contributed by atoms with Gasteiger partial charge in [0.05, 0.1) is 33.1 Å². The Kier molecular flexibility index (Phi) is 12.3. The Labute approximate surface area is 573 Å². The van der Waals surface area contributed by atoms with Gasteiger partial charge in [0.15, 0.2) is 17.5 Å². The smallest absolute Gasteiger partial charge is 0.164 e. The number of hydrogen-bond donors (Lipinski definition) is 0. The molecule has 14 aromatic carbocycles. The van der Waals surface area contributed by atoms with Crippen LogP contribution in [0.4, 0.5) is 0 Å². The van der Waals surface area contributed by atoms with Crippen molar-refractivity contribution in [2.45, 2.75) is 38.5 Å². The molecule has 0 saturated carbocycles. The number of fused-ring (bicyclic) bond motifs is 15. The van der Waals surface area contributed by atoms with Crippen molar-refractivity contribution in [1.82, 2.24) is 28.7 Å². The lowest BCUT2D eigenvalue weighted by molar-refractivity contribution is 0.660. The first-order chi connectivity index (χ1) is 48.6. The van der Waals surface area contributed by atoms with Crippen LogP contribution in [0.3, 0.4) is 0 Å². The van der Waals surface area contributed by atoms with Gasteiger partial charge in [-0.3, -0.25) is 0 Å². The Morgan fingerprint density at radius 2 is 0.515 bits per heavy atom. The third kappa shape index (κ3) is 8.72. The second kappa shape index (κ2) is 21.5. The average molecular weight is 1270 g/mol. The zero-order valence-corrected chi connectivity index (χ0v) is 55.2. The van der Waals surface area contributed by atoms with Crippen LogP contribution in [0, 0.1) is 0 Å². The molecule has 0 amide bonds. The van der Waals surface area contributed by atoms with Crippen LogP contribution in [0.2, 0.25) is 0 Å². The highest BCUT2D eigenvalue weighted by molar-refractivity contribution is 6.14. The molecule has 0 atom stereocenters. The lowest BCUT2D eigenvalue weighted by atomic mass is 9.82. The van der Waals surface area contributed by atoms with Gasteiger partial charge in [-0.25, -0.2) is 15.0 Å². The van der Waals surface area contributed by atoms with Gasteiger partial charge in [-0.05, 0) is 175 Å². The van der Waals surface area contributed by atoms with Gasteiger partial charge in [0.25, 0.3) is 0 Å². The predicted octanol–water partition coefficient (Wildman–Crippen LogP) is 23.8. The van der Waals surface area contributed by atoms with Crippen LogP contribution in [-0.2, 0) is 10.8 Å². The van der Waals surface area contributed by atoms with Gasteiger partial charge in [-0.1, -0.05) is 246 Å². The van der Waals surface area contributed by atoms with E-state index in [4.69, 9.17) is 15.0 Å². The van der Waals surface area contributed by atoms with Crippen molar-refractivity contribution in [3.05, 3.63) is 338 Å². The summed E-state index contributed by atoms with van der Waals surface area (Å²) >= 11 is 0. The second-order valence-electron chi connectivity index (χ2n) is 27.9. The van der Waals surface area contributed by atoms with Crippen molar-refractivity contribution in [1.29, 1.82) is 0 Å². The Hall–Kier alpha value is -12.5. The van der Waals surface area contributed by atoms with E-state index in [1.54, 1.807) is 0 Å². The summed E-state index contributed by atoms with van der Waals surface area (Å²) in [6.07, 6.45) is 0. The molecular formula is C93H64N6. The maximum atomic E-state index is 5.22. The standard InChI is InChI=1S/C93H64N6/c1-92(2)79-27-15-11-23-69(79)71-47-43-67(55-81(71)92)98-83-29-17-13-25-73(83)77-51-62(39-49-85(77)98)64-37-45-75-76-46-38-65(63-40-50-86-78(52-63)74-26-14-18-30-84(74)99(86)68-44-48-72-70-24-12-16-28-80(70)93(3,4)82(72)56-68)54-88(76)97(87(75)53-64)66-41-35-61(36-42-66)91-95-89(59-21-9-6-10-22-59)94-90(96-91)60-33-31-58(32-34-60)57-19-7-5-8-20-57/h5-56H,1-4H3. The molecule has 0 radical (unpaired) electrons. The fourth-order valence-electron chi connectivity index (χ4n) is 16.7. The van der Waals surface area contributed by atoms with E-state index in [9.17, 15) is 0 Å². The van der Waals surface area contributed by atoms with Crippen molar-refractivity contribution in [2.75, 3.05) is 0 Å². The number of rotatable bonds is 9. The number of para-hydroxylation sites is 2. The Morgan fingerprint density at radius 1 is 0.202 bits per heavy atom. The van der Waals surface area contributed by atoms with Crippen LogP contribution in [0.15, 0.2) is 315 Å². The molecule has 466 valence electrons. The minimum absolute atomic E-state index is 0.117. The average Bonchev–Trinajstić information content (AvgIpc) is 1.59. The van der Waals surface area contributed by atoms with Crippen molar-refractivity contribution < 1.29 is 0 Å². The molecule has 0 saturated heterocycles. The molecule has 99 heavy (non-hydrogen) atoms. The van der Waals surface area contributed by atoms with Crippen LogP contribution in [0.1, 0.15) is 49.9 Å². The minimum Gasteiger partial charge on any atom is -0.309 e. The zero-order valence-electron chi connectivity index (χ0n) is 55.2. The molecule has 4 aromatic heterocycles. The first kappa shape index (κ1) is 56.8. The normalized spacial score (nSPS) is 13.4. The van der Waals surface area contributed by atoms with Crippen LogP contribution in [-0.4, -0.2) is 28.7 Å². The number of benzene rings is 14. The second-order valence-corrected chi connectivity index (χ2v) is 27.9. The SMILES string of the molecule is CC1(C)c2ccccc2-c2ccc(-n3c4ccccc4c4cc(-c5ccc6c7ccc(-c8ccc9c(c8)c8ccccc8n9-c8ccc9c(c8)C(C)(C)c8ccccc8-9)cc7n(-c7ccc(-c8nc(-c9ccccc9)nc(-c9ccc(-c%10ccccc%10)cc9)n8)cc7)c6c5)ccc43)cc21. The van der Waals surface area contributed by atoms with Gasteiger partial charge >= 0.3 is 0 Å². The number of hydrogen-bond acceptors (Lipinski definition) is 3. The molecule has 20 rings (SSSR count). The molecule has 18 aromatic rings. The van der Waals surface area contributed by atoms with Crippen LogP contribution >= 0.6 is 0 Å². The van der Waals surface area contributed by atoms with E-state index < -0.39 is 0 Å². The van der Waals surface area contributed by atoms with Gasteiger partial charge in [0.2, 0.25) is 0 Å². The summed E-state index contributed by atoms with van der Waals surface area (Å²) in [5.41, 5.74) is 30.5. The topological polar surface area (TPSA) is 53.5 Å². The first-order valence-electron chi connectivity index (χ1n) is 34.3. The molecule has 0 N–H and O–H groups in total. The van der Waals surface area contributed by atoms with E-state index in [2.05, 4.69) is 333 Å². The number of aromatic nitrogens is 6. The fourth-order valence-corrected chi connectivity index (χ4v) is 16.7. The molecule has 4 heterocycles. The maximum absolute atomic E-state index is 5.22. The van der Waals surface area contributed by atoms with Gasteiger partial charge in [-0.2, -0.15) is 0 Å². The summed E-state index contributed by atoms with van der Waals surface area (Å²) in [5, 5.41) is 7.24. The van der Waals surface area contributed by atoms with E-state index >= 15 is 0 Å². The third-order valence-electron chi connectivity index (χ3n) is 21.7. The molecule has 0 aliphatic heterocycles. The van der Waals surface area contributed by atoms with Crippen molar-refractivity contribution in [3.8, 4) is 107 Å². The van der Waals surface area contributed by atoms with Gasteiger partial charge < -0.3 is 13.7 Å². The van der Waals surface area contributed by atoms with E-state index in [0.717, 1.165) is 66.8 Å². The molecule has 0 spiro atoms. The highest BCUT2D eigenvalue weighted by Crippen LogP contribution is 2.52. The molecule has 6 heteroatoms. The molecule has 2 aliphatic carbocycles. The molecule has 0 bridgehead atoms. The summed E-state index contributed by atoms with van der Waals surface area (Å²) in [4.78, 5) is 15.5. The summed E-state index contributed by atoms with van der Waals surface area (Å²) in [6, 6.07) is 116. The molecule has 0 unspecified atom stereocenters. The Morgan fingerprint density at radius 3 is 1.00 bits per heavy atom. The van der Waals surface area contributed by atoms with Crippen LogP contribution in [0.25, 0.3) is 172 Å². The summed E-state index contributed by atoms with van der Waals surface area (Å²) < 4.78 is 7.38. The van der Waals surface area contributed by atoms with Crippen LogP contribution < -0.4 is 0 Å². The fraction of sp³-hybridized carbons (Fsp3) is 0.0645. The van der Waals surface area contributed by atoms with Crippen LogP contribution in [0.5, 0.6) is 0 Å². The lowest BCUT2D eigenvalue weighted by Gasteiger charge is -2.22. The Bertz CT molecular complexity index is 6100. The lowest BCUT2D eigenvalue weighted by Crippen LogP contribution is -2.15. The molecule has 2 aliphatic rings. The van der Waals surface area contributed by atoms with Gasteiger partial charge in [0.1, 0.15) is 0 Å². The monoisotopic (exact) mass is 1260 g/mol. The highest BCUT2D eigenvalue weighted by atomic mass is 15.0. The van der Waals surface area contributed by atoms with E-state index in [-0.39, 0.29) is 10.8 Å².